The third-order valence-corrected chi connectivity index (χ3v) is 5.29. The molecule has 1 heterocycles. The molecule has 2 aromatic carbocycles. The summed E-state index contributed by atoms with van der Waals surface area (Å²) < 4.78 is 0. The Bertz CT molecular complexity index is 887. The second kappa shape index (κ2) is 6.44. The van der Waals surface area contributed by atoms with Gasteiger partial charge in [-0.3, -0.25) is 14.5 Å². The monoisotopic (exact) mass is 351 g/mol. The average molecular weight is 351 g/mol. The average Bonchev–Trinajstić information content (AvgIpc) is 2.86. The summed E-state index contributed by atoms with van der Waals surface area (Å²) in [6.45, 7) is -0.265. The Morgan fingerprint density at radius 2 is 1.77 bits per heavy atom. The zero-order valence-electron chi connectivity index (χ0n) is 14.5. The van der Waals surface area contributed by atoms with Gasteiger partial charge in [-0.1, -0.05) is 49.6 Å². The number of imide groups is 1. The summed E-state index contributed by atoms with van der Waals surface area (Å²) in [5.74, 6) is -0.646. The van der Waals surface area contributed by atoms with Crippen LogP contribution < -0.4 is 10.6 Å². The molecule has 1 spiro atoms. The van der Waals surface area contributed by atoms with Crippen LogP contribution in [0.5, 0.6) is 0 Å². The topological polar surface area (TPSA) is 78.5 Å². The standard InChI is InChI=1S/C20H21N3O3/c24-17(21-16-9-8-14-6-2-3-7-15(14)12-16)13-23-18(25)20(22-19(23)26)10-4-1-5-11-20/h2-3,6-9,12H,1,4-5,10-11,13H2,(H,21,24)(H,22,26). The van der Waals surface area contributed by atoms with Crippen molar-refractivity contribution in [3.8, 4) is 0 Å². The van der Waals surface area contributed by atoms with E-state index < -0.39 is 11.6 Å². The minimum absolute atomic E-state index is 0.265. The molecule has 0 atom stereocenters. The lowest BCUT2D eigenvalue weighted by Gasteiger charge is -2.30. The van der Waals surface area contributed by atoms with Crippen LogP contribution in [0, 0.1) is 0 Å². The van der Waals surface area contributed by atoms with Crippen molar-refractivity contribution in [2.24, 2.45) is 0 Å². The number of hydrogen-bond acceptors (Lipinski definition) is 3. The van der Waals surface area contributed by atoms with Gasteiger partial charge in [0, 0.05) is 5.69 Å². The SMILES string of the molecule is O=C(CN1C(=O)NC2(CCCCC2)C1=O)Nc1ccc2ccccc2c1. The molecule has 2 N–H and O–H groups in total. The van der Waals surface area contributed by atoms with Crippen LogP contribution in [0.15, 0.2) is 42.5 Å². The molecule has 6 nitrogen and oxygen atoms in total. The van der Waals surface area contributed by atoms with E-state index >= 15 is 0 Å². The molecule has 1 saturated carbocycles. The van der Waals surface area contributed by atoms with E-state index in [0.717, 1.165) is 34.9 Å². The van der Waals surface area contributed by atoms with Crippen molar-refractivity contribution in [2.45, 2.75) is 37.6 Å². The number of nitrogens with one attached hydrogen (secondary N) is 2. The number of rotatable bonds is 3. The lowest BCUT2D eigenvalue weighted by Crippen LogP contribution is -2.48. The van der Waals surface area contributed by atoms with Crippen LogP contribution in [0.4, 0.5) is 10.5 Å². The smallest absolute Gasteiger partial charge is 0.325 e. The van der Waals surface area contributed by atoms with Crippen molar-refractivity contribution in [1.82, 2.24) is 10.2 Å². The zero-order valence-corrected chi connectivity index (χ0v) is 14.5. The Morgan fingerprint density at radius 1 is 1.04 bits per heavy atom. The van der Waals surface area contributed by atoms with E-state index in [1.165, 1.54) is 0 Å². The molecule has 26 heavy (non-hydrogen) atoms. The number of fused-ring (bicyclic) bond motifs is 1. The number of urea groups is 1. The van der Waals surface area contributed by atoms with E-state index in [2.05, 4.69) is 10.6 Å². The van der Waals surface area contributed by atoms with Crippen molar-refractivity contribution in [2.75, 3.05) is 11.9 Å². The van der Waals surface area contributed by atoms with E-state index in [4.69, 9.17) is 0 Å². The number of hydrogen-bond donors (Lipinski definition) is 2. The number of carbonyl (C=O) groups excluding carboxylic acids is 3. The van der Waals surface area contributed by atoms with Gasteiger partial charge in [0.05, 0.1) is 0 Å². The fraction of sp³-hybridized carbons (Fsp3) is 0.350. The first-order chi connectivity index (χ1) is 12.6. The number of carbonyl (C=O) groups is 3. The summed E-state index contributed by atoms with van der Waals surface area (Å²) >= 11 is 0. The summed E-state index contributed by atoms with van der Waals surface area (Å²) in [5.41, 5.74) is -0.147. The van der Waals surface area contributed by atoms with Crippen LogP contribution in [0.2, 0.25) is 0 Å². The molecular weight excluding hydrogens is 330 g/mol. The Balaban J connectivity index is 1.45. The maximum atomic E-state index is 12.7. The molecule has 0 bridgehead atoms. The lowest BCUT2D eigenvalue weighted by atomic mass is 9.82. The molecule has 134 valence electrons. The van der Waals surface area contributed by atoms with Crippen molar-refractivity contribution in [3.63, 3.8) is 0 Å². The Kier molecular flexibility index (Phi) is 4.11. The van der Waals surface area contributed by atoms with Crippen LogP contribution in [0.1, 0.15) is 32.1 Å². The van der Waals surface area contributed by atoms with Gasteiger partial charge < -0.3 is 10.6 Å². The summed E-state index contributed by atoms with van der Waals surface area (Å²) in [7, 11) is 0. The Labute approximate surface area is 151 Å². The zero-order chi connectivity index (χ0) is 18.1. The van der Waals surface area contributed by atoms with Gasteiger partial charge in [0.25, 0.3) is 5.91 Å². The van der Waals surface area contributed by atoms with Crippen molar-refractivity contribution in [1.29, 1.82) is 0 Å². The second-order valence-electron chi connectivity index (χ2n) is 7.07. The van der Waals surface area contributed by atoms with Crippen LogP contribution in [-0.2, 0) is 9.59 Å². The molecular formula is C20H21N3O3. The predicted molar refractivity (Wildman–Crippen MR) is 98.6 cm³/mol. The van der Waals surface area contributed by atoms with Gasteiger partial charge in [-0.15, -0.1) is 0 Å². The molecule has 1 saturated heterocycles. The van der Waals surface area contributed by atoms with E-state index in [-0.39, 0.29) is 18.4 Å². The minimum Gasteiger partial charge on any atom is -0.325 e. The largest absolute Gasteiger partial charge is 0.325 e. The molecule has 0 unspecified atom stereocenters. The van der Waals surface area contributed by atoms with Gasteiger partial charge in [-0.05, 0) is 35.7 Å². The van der Waals surface area contributed by atoms with Gasteiger partial charge in [0.2, 0.25) is 5.91 Å². The summed E-state index contributed by atoms with van der Waals surface area (Å²) in [6.07, 6.45) is 4.22. The number of amides is 4. The van der Waals surface area contributed by atoms with Gasteiger partial charge in [0.1, 0.15) is 12.1 Å². The number of anilines is 1. The van der Waals surface area contributed by atoms with Crippen LogP contribution in [0.25, 0.3) is 10.8 Å². The third kappa shape index (κ3) is 2.92. The fourth-order valence-electron chi connectivity index (χ4n) is 3.93. The Morgan fingerprint density at radius 3 is 2.54 bits per heavy atom. The molecule has 2 aliphatic rings. The highest BCUT2D eigenvalue weighted by Gasteiger charge is 2.51. The first kappa shape index (κ1) is 16.6. The highest BCUT2D eigenvalue weighted by Crippen LogP contribution is 2.33. The first-order valence-corrected chi connectivity index (χ1v) is 9.00. The molecule has 0 radical (unpaired) electrons. The lowest BCUT2D eigenvalue weighted by molar-refractivity contribution is -0.134. The highest BCUT2D eigenvalue weighted by molar-refractivity contribution is 6.10. The van der Waals surface area contributed by atoms with Crippen LogP contribution in [0.3, 0.4) is 0 Å². The molecule has 1 aliphatic carbocycles. The summed E-state index contributed by atoms with van der Waals surface area (Å²) in [4.78, 5) is 38.4. The summed E-state index contributed by atoms with van der Waals surface area (Å²) in [5, 5.41) is 7.70. The van der Waals surface area contributed by atoms with Gasteiger partial charge >= 0.3 is 6.03 Å². The number of nitrogens with zero attached hydrogens (tertiary/aromatic N) is 1. The molecule has 4 rings (SSSR count). The van der Waals surface area contributed by atoms with Crippen molar-refractivity contribution in [3.05, 3.63) is 42.5 Å². The molecule has 4 amide bonds. The molecule has 0 aromatic heterocycles. The first-order valence-electron chi connectivity index (χ1n) is 9.00. The number of benzene rings is 2. The van der Waals surface area contributed by atoms with E-state index in [1.807, 2.05) is 42.5 Å². The normalized spacial score (nSPS) is 19.0. The van der Waals surface area contributed by atoms with Crippen molar-refractivity contribution < 1.29 is 14.4 Å². The van der Waals surface area contributed by atoms with E-state index in [9.17, 15) is 14.4 Å². The van der Waals surface area contributed by atoms with E-state index in [0.29, 0.717) is 18.5 Å². The molecule has 2 aromatic rings. The van der Waals surface area contributed by atoms with Gasteiger partial charge in [0.15, 0.2) is 0 Å². The van der Waals surface area contributed by atoms with E-state index in [1.54, 1.807) is 0 Å². The fourth-order valence-corrected chi connectivity index (χ4v) is 3.93. The van der Waals surface area contributed by atoms with Gasteiger partial charge in [-0.2, -0.15) is 0 Å². The Hall–Kier alpha value is -2.89. The molecule has 1 aliphatic heterocycles. The van der Waals surface area contributed by atoms with Gasteiger partial charge in [-0.25, -0.2) is 4.79 Å². The van der Waals surface area contributed by atoms with Crippen LogP contribution in [-0.4, -0.2) is 34.8 Å². The minimum atomic E-state index is -0.793. The quantitative estimate of drug-likeness (QED) is 0.834. The highest BCUT2D eigenvalue weighted by atomic mass is 16.2. The summed E-state index contributed by atoms with van der Waals surface area (Å²) in [6, 6.07) is 13.0. The third-order valence-electron chi connectivity index (χ3n) is 5.29. The maximum Gasteiger partial charge on any atom is 0.325 e. The second-order valence-corrected chi connectivity index (χ2v) is 7.07. The van der Waals surface area contributed by atoms with Crippen molar-refractivity contribution >= 4 is 34.3 Å². The van der Waals surface area contributed by atoms with Crippen LogP contribution >= 0.6 is 0 Å². The molecule has 6 heteroatoms. The molecule has 2 fully saturated rings. The predicted octanol–water partition coefficient (Wildman–Crippen LogP) is 3.03. The maximum absolute atomic E-state index is 12.7.